The number of carbonyl (C=O) groups excluding carboxylic acids is 2. The third-order valence-corrected chi connectivity index (χ3v) is 2.52. The van der Waals surface area contributed by atoms with E-state index in [2.05, 4.69) is 5.32 Å². The van der Waals surface area contributed by atoms with Gasteiger partial charge in [0.2, 0.25) is 5.91 Å². The van der Waals surface area contributed by atoms with Crippen molar-refractivity contribution in [2.45, 2.75) is 32.8 Å². The van der Waals surface area contributed by atoms with Gasteiger partial charge in [-0.25, -0.2) is 0 Å². The standard InChI is InChI=1S/C11H17NO5/c1-3-17-11(16)7-4-8(14)10(9(15)5-7)12-6(2)13/h7-8,14-15H,3-5H2,1-2H3,(H,12,13). The van der Waals surface area contributed by atoms with Crippen LogP contribution in [0.25, 0.3) is 0 Å². The highest BCUT2D eigenvalue weighted by atomic mass is 16.5. The van der Waals surface area contributed by atoms with Gasteiger partial charge in [0.1, 0.15) is 5.76 Å². The summed E-state index contributed by atoms with van der Waals surface area (Å²) in [5, 5.41) is 21.8. The number of aliphatic hydroxyl groups is 2. The summed E-state index contributed by atoms with van der Waals surface area (Å²) in [6.45, 7) is 3.23. The minimum atomic E-state index is -1.05. The van der Waals surface area contributed by atoms with Gasteiger partial charge in [0.15, 0.2) is 0 Å². The fraction of sp³-hybridized carbons (Fsp3) is 0.636. The smallest absolute Gasteiger partial charge is 0.309 e. The van der Waals surface area contributed by atoms with E-state index in [9.17, 15) is 19.8 Å². The largest absolute Gasteiger partial charge is 0.510 e. The first kappa shape index (κ1) is 13.5. The molecule has 0 radical (unpaired) electrons. The molecule has 0 aliphatic heterocycles. The molecule has 1 amide bonds. The number of esters is 1. The molecule has 0 aromatic carbocycles. The molecule has 1 rings (SSSR count). The van der Waals surface area contributed by atoms with E-state index in [1.54, 1.807) is 6.92 Å². The summed E-state index contributed by atoms with van der Waals surface area (Å²) in [7, 11) is 0. The summed E-state index contributed by atoms with van der Waals surface area (Å²) < 4.78 is 4.82. The Labute approximate surface area is 99.3 Å². The zero-order valence-electron chi connectivity index (χ0n) is 9.90. The van der Waals surface area contributed by atoms with Crippen LogP contribution in [-0.2, 0) is 14.3 Å². The fourth-order valence-electron chi connectivity index (χ4n) is 1.79. The lowest BCUT2D eigenvalue weighted by atomic mass is 9.89. The van der Waals surface area contributed by atoms with Gasteiger partial charge in [-0.1, -0.05) is 0 Å². The predicted molar refractivity (Wildman–Crippen MR) is 58.8 cm³/mol. The van der Waals surface area contributed by atoms with Crippen LogP contribution in [0, 0.1) is 5.92 Å². The van der Waals surface area contributed by atoms with E-state index in [4.69, 9.17) is 4.74 Å². The predicted octanol–water partition coefficient (Wildman–Crippen LogP) is 0.226. The van der Waals surface area contributed by atoms with E-state index in [1.165, 1.54) is 6.92 Å². The van der Waals surface area contributed by atoms with Crippen molar-refractivity contribution in [2.75, 3.05) is 6.61 Å². The average Bonchev–Trinajstić information content (AvgIpc) is 2.23. The first-order valence-electron chi connectivity index (χ1n) is 5.50. The van der Waals surface area contributed by atoms with E-state index >= 15 is 0 Å². The molecule has 1 aliphatic carbocycles. The molecule has 17 heavy (non-hydrogen) atoms. The van der Waals surface area contributed by atoms with E-state index in [0.717, 1.165) is 0 Å². The van der Waals surface area contributed by atoms with Crippen molar-refractivity contribution in [3.63, 3.8) is 0 Å². The van der Waals surface area contributed by atoms with Gasteiger partial charge >= 0.3 is 5.97 Å². The van der Waals surface area contributed by atoms with Crippen LogP contribution in [0.5, 0.6) is 0 Å². The molecule has 0 aromatic rings. The molecule has 1 aliphatic rings. The van der Waals surface area contributed by atoms with E-state index in [1.807, 2.05) is 0 Å². The molecule has 0 aromatic heterocycles. The van der Waals surface area contributed by atoms with Crippen LogP contribution in [0.2, 0.25) is 0 Å². The quantitative estimate of drug-likeness (QED) is 0.616. The summed E-state index contributed by atoms with van der Waals surface area (Å²) in [5.41, 5.74) is 0.0815. The Hall–Kier alpha value is -1.56. The van der Waals surface area contributed by atoms with Crippen molar-refractivity contribution in [3.05, 3.63) is 11.5 Å². The molecule has 0 fully saturated rings. The maximum atomic E-state index is 11.5. The summed E-state index contributed by atoms with van der Waals surface area (Å²) in [5.74, 6) is -1.56. The first-order chi connectivity index (χ1) is 7.95. The van der Waals surface area contributed by atoms with Crippen LogP contribution in [0.4, 0.5) is 0 Å². The number of aliphatic hydroxyl groups excluding tert-OH is 2. The van der Waals surface area contributed by atoms with Crippen molar-refractivity contribution in [2.24, 2.45) is 5.92 Å². The first-order valence-corrected chi connectivity index (χ1v) is 5.50. The van der Waals surface area contributed by atoms with E-state index < -0.39 is 18.0 Å². The van der Waals surface area contributed by atoms with Crippen molar-refractivity contribution in [1.82, 2.24) is 5.32 Å². The highest BCUT2D eigenvalue weighted by molar-refractivity contribution is 5.76. The molecule has 0 saturated carbocycles. The molecular formula is C11H17NO5. The second kappa shape index (κ2) is 5.67. The Morgan fingerprint density at radius 2 is 2.18 bits per heavy atom. The third-order valence-electron chi connectivity index (χ3n) is 2.52. The number of carbonyl (C=O) groups is 2. The number of rotatable bonds is 3. The summed E-state index contributed by atoms with van der Waals surface area (Å²) in [6.07, 6.45) is -0.841. The number of hydrogen-bond acceptors (Lipinski definition) is 5. The summed E-state index contributed by atoms with van der Waals surface area (Å²) in [6, 6.07) is 0. The van der Waals surface area contributed by atoms with E-state index in [-0.39, 0.29) is 36.8 Å². The molecule has 2 unspecified atom stereocenters. The van der Waals surface area contributed by atoms with Gasteiger partial charge in [0.05, 0.1) is 24.3 Å². The van der Waals surface area contributed by atoms with Crippen molar-refractivity contribution in [3.8, 4) is 0 Å². The van der Waals surface area contributed by atoms with Crippen molar-refractivity contribution >= 4 is 11.9 Å². The zero-order valence-corrected chi connectivity index (χ0v) is 9.90. The van der Waals surface area contributed by atoms with Gasteiger partial charge in [-0.05, 0) is 13.3 Å². The highest BCUT2D eigenvalue weighted by Crippen LogP contribution is 2.28. The van der Waals surface area contributed by atoms with Gasteiger partial charge in [-0.15, -0.1) is 0 Å². The molecule has 0 heterocycles. The Bertz CT molecular complexity index is 350. The number of nitrogens with one attached hydrogen (secondary N) is 1. The summed E-state index contributed by atoms with van der Waals surface area (Å²) >= 11 is 0. The molecule has 0 spiro atoms. The van der Waals surface area contributed by atoms with Crippen molar-refractivity contribution < 1.29 is 24.5 Å². The SMILES string of the molecule is CCOC(=O)C1CC(O)=C(NC(C)=O)C(O)C1. The number of amides is 1. The molecule has 0 bridgehead atoms. The Morgan fingerprint density at radius 1 is 1.53 bits per heavy atom. The fourth-order valence-corrected chi connectivity index (χ4v) is 1.79. The molecule has 6 heteroatoms. The van der Waals surface area contributed by atoms with E-state index in [0.29, 0.717) is 0 Å². The monoisotopic (exact) mass is 243 g/mol. The lowest BCUT2D eigenvalue weighted by Crippen LogP contribution is -2.36. The van der Waals surface area contributed by atoms with Crippen LogP contribution in [0.3, 0.4) is 0 Å². The maximum absolute atomic E-state index is 11.5. The van der Waals surface area contributed by atoms with Crippen LogP contribution in [0.1, 0.15) is 26.7 Å². The van der Waals surface area contributed by atoms with Gasteiger partial charge in [-0.3, -0.25) is 9.59 Å². The molecule has 6 nitrogen and oxygen atoms in total. The number of ether oxygens (including phenoxy) is 1. The highest BCUT2D eigenvalue weighted by Gasteiger charge is 2.33. The number of hydrogen-bond donors (Lipinski definition) is 3. The van der Waals surface area contributed by atoms with Crippen LogP contribution in [0.15, 0.2) is 11.5 Å². The maximum Gasteiger partial charge on any atom is 0.309 e. The summed E-state index contributed by atoms with van der Waals surface area (Å²) in [4.78, 5) is 22.3. The zero-order chi connectivity index (χ0) is 13.0. The molecule has 2 atom stereocenters. The average molecular weight is 243 g/mol. The normalized spacial score (nSPS) is 24.4. The van der Waals surface area contributed by atoms with Crippen molar-refractivity contribution in [1.29, 1.82) is 0 Å². The molecular weight excluding hydrogens is 226 g/mol. The topological polar surface area (TPSA) is 95.9 Å². The third kappa shape index (κ3) is 3.45. The lowest BCUT2D eigenvalue weighted by molar-refractivity contribution is -0.149. The second-order valence-electron chi connectivity index (χ2n) is 3.95. The Balaban J connectivity index is 2.76. The minimum Gasteiger partial charge on any atom is -0.510 e. The van der Waals surface area contributed by atoms with Gasteiger partial charge in [-0.2, -0.15) is 0 Å². The van der Waals surface area contributed by atoms with Gasteiger partial charge in [0.25, 0.3) is 0 Å². The van der Waals surface area contributed by atoms with Gasteiger partial charge in [0, 0.05) is 13.3 Å². The second-order valence-corrected chi connectivity index (χ2v) is 3.95. The van der Waals surface area contributed by atoms with Crippen LogP contribution < -0.4 is 5.32 Å². The molecule has 0 saturated heterocycles. The Kier molecular flexibility index (Phi) is 4.51. The lowest BCUT2D eigenvalue weighted by Gasteiger charge is -2.27. The molecule has 96 valence electrons. The molecule has 3 N–H and O–H groups in total. The van der Waals surface area contributed by atoms with Crippen LogP contribution in [-0.4, -0.2) is 34.8 Å². The van der Waals surface area contributed by atoms with Crippen LogP contribution >= 0.6 is 0 Å². The minimum absolute atomic E-state index is 0.0749. The van der Waals surface area contributed by atoms with Gasteiger partial charge < -0.3 is 20.3 Å². The number of allylic oxidation sites excluding steroid dienone is 1. The Morgan fingerprint density at radius 3 is 2.65 bits per heavy atom.